The molecule has 0 aliphatic heterocycles. The topological polar surface area (TPSA) is 107 Å². The molecule has 0 radical (unpaired) electrons. The van der Waals surface area contributed by atoms with Crippen LogP contribution in [0.4, 0.5) is 17.8 Å². The van der Waals surface area contributed by atoms with E-state index in [9.17, 15) is 0 Å². The van der Waals surface area contributed by atoms with Gasteiger partial charge in [0.2, 0.25) is 17.8 Å². The number of hydrogen-bond acceptors (Lipinski definition) is 8. The molecule has 21 heavy (non-hydrogen) atoms. The molecule has 3 N–H and O–H groups in total. The van der Waals surface area contributed by atoms with Crippen LogP contribution in [0.15, 0.2) is 0 Å². The molecule has 8 nitrogen and oxygen atoms in total. The average Bonchev–Trinajstić information content (AvgIpc) is 2.53. The van der Waals surface area contributed by atoms with Crippen molar-refractivity contribution in [1.29, 1.82) is 5.26 Å². The molecule has 1 aromatic rings. The van der Waals surface area contributed by atoms with Crippen LogP contribution in [0.2, 0.25) is 0 Å². The highest BCUT2D eigenvalue weighted by Gasteiger charge is 2.16. The maximum Gasteiger partial charge on any atom is 0.243 e. The first-order chi connectivity index (χ1) is 10.1. The predicted molar refractivity (Wildman–Crippen MR) is 83.9 cm³/mol. The zero-order chi connectivity index (χ0) is 15.8. The molecule has 0 aliphatic rings. The zero-order valence-electron chi connectivity index (χ0n) is 13.2. The summed E-state index contributed by atoms with van der Waals surface area (Å²) in [5, 5.41) is 8.98. The lowest BCUT2D eigenvalue weighted by atomic mass is 10.2. The van der Waals surface area contributed by atoms with Crippen LogP contribution in [-0.4, -0.2) is 41.1 Å². The minimum atomic E-state index is -0.104. The quantitative estimate of drug-likeness (QED) is 0.539. The Kier molecular flexibility index (Phi) is 6.62. The maximum atomic E-state index is 8.98. The van der Waals surface area contributed by atoms with E-state index < -0.39 is 0 Å². The number of anilines is 3. The highest BCUT2D eigenvalue weighted by Crippen LogP contribution is 2.17. The molecule has 0 saturated carbocycles. The van der Waals surface area contributed by atoms with E-state index in [1.165, 1.54) is 0 Å². The first-order valence-corrected chi connectivity index (χ1v) is 7.21. The third-order valence-electron chi connectivity index (χ3n) is 3.17. The van der Waals surface area contributed by atoms with Crippen LogP contribution in [0, 0.1) is 17.2 Å². The number of nitrogen functional groups attached to an aromatic ring is 1. The van der Waals surface area contributed by atoms with Gasteiger partial charge in [0.25, 0.3) is 0 Å². The largest absolute Gasteiger partial charge is 0.341 e. The molecule has 1 heterocycles. The predicted octanol–water partition coefficient (Wildman–Crippen LogP) is 0.989. The molecule has 0 aliphatic carbocycles. The average molecular weight is 292 g/mol. The summed E-state index contributed by atoms with van der Waals surface area (Å²) in [4.78, 5) is 17.1. The maximum absolute atomic E-state index is 8.98. The van der Waals surface area contributed by atoms with E-state index in [1.54, 1.807) is 0 Å². The van der Waals surface area contributed by atoms with Gasteiger partial charge < -0.3 is 9.80 Å². The van der Waals surface area contributed by atoms with Gasteiger partial charge in [-0.05, 0) is 27.7 Å². The van der Waals surface area contributed by atoms with Gasteiger partial charge in [-0.1, -0.05) is 0 Å². The molecular formula is C13H24N8. The van der Waals surface area contributed by atoms with Crippen molar-refractivity contribution in [2.45, 2.75) is 27.7 Å². The van der Waals surface area contributed by atoms with Gasteiger partial charge in [0.1, 0.15) is 0 Å². The number of nitrogens with two attached hydrogens (primary N) is 1. The lowest BCUT2D eigenvalue weighted by Gasteiger charge is -2.24. The highest BCUT2D eigenvalue weighted by molar-refractivity contribution is 5.44. The van der Waals surface area contributed by atoms with E-state index >= 15 is 0 Å². The van der Waals surface area contributed by atoms with Gasteiger partial charge in [-0.3, -0.25) is 5.43 Å². The molecule has 1 rings (SSSR count). The number of nitrogens with zero attached hydrogens (tertiary/aromatic N) is 6. The molecule has 1 atom stereocenters. The van der Waals surface area contributed by atoms with Gasteiger partial charge in [0.15, 0.2) is 0 Å². The van der Waals surface area contributed by atoms with Crippen LogP contribution < -0.4 is 21.1 Å². The summed E-state index contributed by atoms with van der Waals surface area (Å²) in [6.45, 7) is 10.8. The van der Waals surface area contributed by atoms with Crippen LogP contribution >= 0.6 is 0 Å². The molecule has 116 valence electrons. The molecule has 0 saturated heterocycles. The summed E-state index contributed by atoms with van der Waals surface area (Å²) in [5.41, 5.74) is 2.48. The number of hydrazine groups is 1. The van der Waals surface area contributed by atoms with Gasteiger partial charge >= 0.3 is 0 Å². The lowest BCUT2D eigenvalue weighted by molar-refractivity contribution is 0.667. The summed E-state index contributed by atoms with van der Waals surface area (Å²) in [5.74, 6) is 6.78. The van der Waals surface area contributed by atoms with E-state index in [1.807, 2.05) is 37.5 Å². The highest BCUT2D eigenvalue weighted by atomic mass is 15.4. The summed E-state index contributed by atoms with van der Waals surface area (Å²) in [6.07, 6.45) is 0. The Labute approximate surface area is 126 Å². The van der Waals surface area contributed by atoms with E-state index in [2.05, 4.69) is 26.4 Å². The molecule has 0 amide bonds. The Bertz CT molecular complexity index is 480. The van der Waals surface area contributed by atoms with Crippen molar-refractivity contribution in [3.05, 3.63) is 0 Å². The summed E-state index contributed by atoms with van der Waals surface area (Å²) >= 11 is 0. The van der Waals surface area contributed by atoms with Gasteiger partial charge in [-0.2, -0.15) is 20.2 Å². The Morgan fingerprint density at radius 3 is 2.05 bits per heavy atom. The van der Waals surface area contributed by atoms with Gasteiger partial charge in [-0.15, -0.1) is 0 Å². The second-order valence-electron chi connectivity index (χ2n) is 4.64. The van der Waals surface area contributed by atoms with E-state index in [4.69, 9.17) is 11.1 Å². The van der Waals surface area contributed by atoms with Crippen LogP contribution in [0.1, 0.15) is 27.7 Å². The fourth-order valence-electron chi connectivity index (χ4n) is 1.93. The SMILES string of the molecule is CCN(CC)c1nc(NN)nc(N(CC)CC(C)C#N)n1. The second-order valence-corrected chi connectivity index (χ2v) is 4.64. The fraction of sp³-hybridized carbons (Fsp3) is 0.692. The minimum absolute atomic E-state index is 0.104. The monoisotopic (exact) mass is 292 g/mol. The van der Waals surface area contributed by atoms with Crippen molar-refractivity contribution in [2.75, 3.05) is 41.4 Å². The zero-order valence-corrected chi connectivity index (χ0v) is 13.2. The van der Waals surface area contributed by atoms with Crippen molar-refractivity contribution in [2.24, 2.45) is 11.8 Å². The fourth-order valence-corrected chi connectivity index (χ4v) is 1.93. The van der Waals surface area contributed by atoms with Gasteiger partial charge in [-0.25, -0.2) is 5.84 Å². The van der Waals surface area contributed by atoms with Crippen molar-refractivity contribution in [1.82, 2.24) is 15.0 Å². The second kappa shape index (κ2) is 8.21. The van der Waals surface area contributed by atoms with Crippen LogP contribution in [-0.2, 0) is 0 Å². The smallest absolute Gasteiger partial charge is 0.243 e. The molecule has 0 aromatic carbocycles. The molecule has 0 fully saturated rings. The number of nitriles is 1. The molecule has 0 bridgehead atoms. The van der Waals surface area contributed by atoms with Crippen molar-refractivity contribution >= 4 is 17.8 Å². The summed E-state index contributed by atoms with van der Waals surface area (Å²) in [7, 11) is 0. The van der Waals surface area contributed by atoms with E-state index in [0.717, 1.165) is 13.1 Å². The first-order valence-electron chi connectivity index (χ1n) is 7.21. The third kappa shape index (κ3) is 4.43. The molecule has 8 heteroatoms. The summed E-state index contributed by atoms with van der Waals surface area (Å²) < 4.78 is 0. The molecule has 1 aromatic heterocycles. The molecule has 1 unspecified atom stereocenters. The third-order valence-corrected chi connectivity index (χ3v) is 3.17. The van der Waals surface area contributed by atoms with Crippen molar-refractivity contribution in [3.8, 4) is 6.07 Å². The van der Waals surface area contributed by atoms with Crippen molar-refractivity contribution < 1.29 is 0 Å². The number of nitrogens with one attached hydrogen (secondary N) is 1. The molecule has 0 spiro atoms. The Morgan fingerprint density at radius 1 is 1.10 bits per heavy atom. The number of rotatable bonds is 8. The van der Waals surface area contributed by atoms with Crippen LogP contribution in [0.3, 0.4) is 0 Å². The van der Waals surface area contributed by atoms with Gasteiger partial charge in [0, 0.05) is 26.2 Å². The van der Waals surface area contributed by atoms with E-state index in [0.29, 0.717) is 30.9 Å². The minimum Gasteiger partial charge on any atom is -0.341 e. The number of hydrogen-bond donors (Lipinski definition) is 2. The Hall–Kier alpha value is -2.14. The normalized spacial score (nSPS) is 11.6. The number of aromatic nitrogens is 3. The van der Waals surface area contributed by atoms with Crippen molar-refractivity contribution in [3.63, 3.8) is 0 Å². The first kappa shape index (κ1) is 16.9. The van der Waals surface area contributed by atoms with Gasteiger partial charge in [0.05, 0.1) is 12.0 Å². The van der Waals surface area contributed by atoms with E-state index in [-0.39, 0.29) is 5.92 Å². The summed E-state index contributed by atoms with van der Waals surface area (Å²) in [6, 6.07) is 2.22. The lowest BCUT2D eigenvalue weighted by Crippen LogP contribution is -2.32. The Morgan fingerprint density at radius 2 is 1.62 bits per heavy atom. The standard InChI is InChI=1S/C13H24N8/c1-5-20(6-2)12-16-11(19-15)17-13(18-12)21(7-3)9-10(4)8-14/h10H,5-7,9,15H2,1-4H3,(H,16,17,18,19). The van der Waals surface area contributed by atoms with Crippen LogP contribution in [0.5, 0.6) is 0 Å². The molecular weight excluding hydrogens is 268 g/mol. The van der Waals surface area contributed by atoms with Crippen LogP contribution in [0.25, 0.3) is 0 Å². The Balaban J connectivity index is 3.15.